The Hall–Kier alpha value is -3.90. The van der Waals surface area contributed by atoms with Crippen LogP contribution >= 0.6 is 0 Å². The van der Waals surface area contributed by atoms with Crippen molar-refractivity contribution >= 4 is 29.4 Å². The molecule has 0 saturated heterocycles. The largest absolute Gasteiger partial charge is 0.486 e. The minimum absolute atomic E-state index is 0.352. The van der Waals surface area contributed by atoms with E-state index in [1.807, 2.05) is 0 Å². The van der Waals surface area contributed by atoms with Crippen molar-refractivity contribution < 1.29 is 45.9 Å². The molecule has 1 aliphatic rings. The maximum absolute atomic E-state index is 13.5. The number of oxime groups is 1. The quantitative estimate of drug-likeness (QED) is 0.234. The van der Waals surface area contributed by atoms with Crippen LogP contribution in [0.4, 0.5) is 33.3 Å². The van der Waals surface area contributed by atoms with Crippen LogP contribution in [0.2, 0.25) is 0 Å². The number of halogens is 5. The van der Waals surface area contributed by atoms with Gasteiger partial charge in [-0.2, -0.15) is 0 Å². The fourth-order valence-corrected chi connectivity index (χ4v) is 2.37. The molecule has 1 aliphatic heterocycles. The predicted octanol–water partition coefficient (Wildman–Crippen LogP) is 2.73. The Morgan fingerprint density at radius 2 is 1.55 bits per heavy atom. The third-order valence-corrected chi connectivity index (χ3v) is 3.72. The van der Waals surface area contributed by atoms with E-state index < -0.39 is 53.2 Å². The molecule has 3 rings (SSSR count). The second-order valence-electron chi connectivity index (χ2n) is 5.85. The molecular formula is C18H12F5N3O5. The molecule has 0 radical (unpaired) electrons. The molecule has 31 heavy (non-hydrogen) atoms. The molecule has 0 aliphatic carbocycles. The van der Waals surface area contributed by atoms with Crippen LogP contribution in [-0.2, 0) is 14.4 Å². The van der Waals surface area contributed by atoms with Gasteiger partial charge in [-0.1, -0.05) is 5.16 Å². The van der Waals surface area contributed by atoms with Gasteiger partial charge in [0.05, 0.1) is 0 Å². The summed E-state index contributed by atoms with van der Waals surface area (Å²) in [6.07, 6.45) is 0.655. The zero-order chi connectivity index (χ0) is 22.5. The molecule has 8 nitrogen and oxygen atoms in total. The summed E-state index contributed by atoms with van der Waals surface area (Å²) in [5, 5.41) is 7.09. The lowest BCUT2D eigenvalue weighted by Gasteiger charge is -2.18. The number of anilines is 2. The zero-order valence-corrected chi connectivity index (χ0v) is 15.3. The summed E-state index contributed by atoms with van der Waals surface area (Å²) in [6.45, 7) is -0.222. The number of hydrogen-bond donors (Lipinski definition) is 2. The number of carbonyl (C=O) groups excluding carboxylic acids is 2. The lowest BCUT2D eigenvalue weighted by Crippen LogP contribution is -2.21. The third-order valence-electron chi connectivity index (χ3n) is 3.72. The molecule has 164 valence electrons. The second-order valence-corrected chi connectivity index (χ2v) is 5.85. The molecule has 2 aromatic carbocycles. The first kappa shape index (κ1) is 21.8. The highest BCUT2D eigenvalue weighted by Gasteiger charge is 2.26. The number of fused-ring (bicyclic) bond motifs is 1. The monoisotopic (exact) mass is 445 g/mol. The van der Waals surface area contributed by atoms with Gasteiger partial charge in [-0.25, -0.2) is 22.0 Å². The van der Waals surface area contributed by atoms with Crippen LogP contribution in [0.5, 0.6) is 11.5 Å². The summed E-state index contributed by atoms with van der Waals surface area (Å²) in [4.78, 5) is 27.8. The number of amides is 2. The summed E-state index contributed by atoms with van der Waals surface area (Å²) >= 11 is 0. The van der Waals surface area contributed by atoms with Gasteiger partial charge in [-0.15, -0.1) is 0 Å². The van der Waals surface area contributed by atoms with Crippen LogP contribution in [0.15, 0.2) is 23.4 Å². The smallest absolute Gasteiger partial charge is 0.270 e. The van der Waals surface area contributed by atoms with E-state index in [-0.39, 0.29) is 0 Å². The molecule has 0 saturated carbocycles. The van der Waals surface area contributed by atoms with E-state index in [0.717, 1.165) is 0 Å². The number of nitrogens with zero attached hydrogens (tertiary/aromatic N) is 1. The Kier molecular flexibility index (Phi) is 6.52. The number of carbonyl (C=O) groups is 2. The van der Waals surface area contributed by atoms with Crippen molar-refractivity contribution in [3.8, 4) is 11.5 Å². The minimum Gasteiger partial charge on any atom is -0.486 e. The van der Waals surface area contributed by atoms with E-state index in [2.05, 4.69) is 15.3 Å². The normalized spacial score (nSPS) is 12.5. The van der Waals surface area contributed by atoms with Gasteiger partial charge < -0.3 is 24.9 Å². The first-order valence-corrected chi connectivity index (χ1v) is 8.45. The summed E-state index contributed by atoms with van der Waals surface area (Å²) in [6, 6.07) is 4.64. The average molecular weight is 445 g/mol. The van der Waals surface area contributed by atoms with Crippen LogP contribution < -0.4 is 20.1 Å². The molecule has 0 unspecified atom stereocenters. The van der Waals surface area contributed by atoms with Gasteiger partial charge in [0, 0.05) is 11.8 Å². The van der Waals surface area contributed by atoms with Crippen molar-refractivity contribution in [2.24, 2.45) is 5.16 Å². The molecule has 0 bridgehead atoms. The number of rotatable bonds is 6. The van der Waals surface area contributed by atoms with E-state index >= 15 is 0 Å². The highest BCUT2D eigenvalue weighted by molar-refractivity contribution is 6.31. The number of hydrogen-bond acceptors (Lipinski definition) is 6. The Labute approximate surface area is 170 Å². The Bertz CT molecular complexity index is 1030. The van der Waals surface area contributed by atoms with E-state index in [4.69, 9.17) is 9.47 Å². The Morgan fingerprint density at radius 1 is 0.935 bits per heavy atom. The van der Waals surface area contributed by atoms with E-state index in [0.29, 0.717) is 36.6 Å². The summed E-state index contributed by atoms with van der Waals surface area (Å²) in [7, 11) is 0. The van der Waals surface area contributed by atoms with Crippen LogP contribution in [0.1, 0.15) is 0 Å². The predicted molar refractivity (Wildman–Crippen MR) is 95.4 cm³/mol. The van der Waals surface area contributed by atoms with Gasteiger partial charge >= 0.3 is 0 Å². The number of ether oxygens (including phenoxy) is 2. The maximum atomic E-state index is 13.5. The first-order valence-electron chi connectivity index (χ1n) is 8.45. The molecule has 0 spiro atoms. The molecule has 0 atom stereocenters. The van der Waals surface area contributed by atoms with Gasteiger partial charge in [-0.05, 0) is 12.1 Å². The Morgan fingerprint density at radius 3 is 2.23 bits per heavy atom. The lowest BCUT2D eigenvalue weighted by atomic mass is 10.2. The van der Waals surface area contributed by atoms with Crippen LogP contribution in [-0.4, -0.2) is 37.8 Å². The highest BCUT2D eigenvalue weighted by atomic mass is 19.2. The van der Waals surface area contributed by atoms with Crippen molar-refractivity contribution in [3.63, 3.8) is 0 Å². The summed E-state index contributed by atoms with van der Waals surface area (Å²) < 4.78 is 76.8. The number of benzene rings is 2. The third kappa shape index (κ3) is 4.99. The molecule has 13 heteroatoms. The van der Waals surface area contributed by atoms with Crippen molar-refractivity contribution in [1.29, 1.82) is 0 Å². The average Bonchev–Trinajstić information content (AvgIpc) is 2.77. The molecule has 2 N–H and O–H groups in total. The van der Waals surface area contributed by atoms with Crippen molar-refractivity contribution in [2.45, 2.75) is 0 Å². The summed E-state index contributed by atoms with van der Waals surface area (Å²) in [5.74, 6) is -12.3. The fourth-order valence-electron chi connectivity index (χ4n) is 2.37. The summed E-state index contributed by atoms with van der Waals surface area (Å²) in [5.41, 5.74) is -1.19. The van der Waals surface area contributed by atoms with Crippen LogP contribution in [0.25, 0.3) is 0 Å². The SMILES string of the molecule is O=C(/C=N\OCC(=O)Nc1c(F)c(F)c(F)c(F)c1F)Nc1ccc2c(c1)OCCO2. The molecule has 0 aromatic heterocycles. The molecule has 2 amide bonds. The van der Waals surface area contributed by atoms with E-state index in [9.17, 15) is 31.5 Å². The Balaban J connectivity index is 1.51. The lowest BCUT2D eigenvalue weighted by molar-refractivity contribution is -0.120. The molecule has 0 fully saturated rings. The van der Waals surface area contributed by atoms with Gasteiger partial charge in [-0.3, -0.25) is 9.59 Å². The maximum Gasteiger partial charge on any atom is 0.270 e. The molecular weight excluding hydrogens is 433 g/mol. The highest BCUT2D eigenvalue weighted by Crippen LogP contribution is 2.32. The van der Waals surface area contributed by atoms with Gasteiger partial charge in [0.1, 0.15) is 25.1 Å². The van der Waals surface area contributed by atoms with Crippen LogP contribution in [0, 0.1) is 29.1 Å². The van der Waals surface area contributed by atoms with Crippen molar-refractivity contribution in [3.05, 3.63) is 47.3 Å². The zero-order valence-electron chi connectivity index (χ0n) is 15.3. The number of nitrogens with one attached hydrogen (secondary N) is 2. The van der Waals surface area contributed by atoms with Gasteiger partial charge in [0.25, 0.3) is 11.8 Å². The van der Waals surface area contributed by atoms with E-state index in [1.165, 1.54) is 17.4 Å². The van der Waals surface area contributed by atoms with Gasteiger partial charge in [0.15, 0.2) is 41.4 Å². The van der Waals surface area contributed by atoms with Crippen molar-refractivity contribution in [2.75, 3.05) is 30.5 Å². The topological polar surface area (TPSA) is 98.2 Å². The standard InChI is InChI=1S/C18H12F5N3O5/c19-13-14(20)16(22)18(17(23)15(13)21)26-12(28)7-31-24-6-11(27)25-8-1-2-9-10(5-8)30-4-3-29-9/h1-2,5-6H,3-4,7H2,(H,25,27)(H,26,28)/b24-6-. The minimum atomic E-state index is -2.36. The fraction of sp³-hybridized carbons (Fsp3) is 0.167. The first-order chi connectivity index (χ1) is 14.8. The van der Waals surface area contributed by atoms with Crippen LogP contribution in [0.3, 0.4) is 0 Å². The molecule has 1 heterocycles. The van der Waals surface area contributed by atoms with Crippen molar-refractivity contribution in [1.82, 2.24) is 0 Å². The van der Waals surface area contributed by atoms with Gasteiger partial charge in [0.2, 0.25) is 5.82 Å². The molecule has 2 aromatic rings. The second kappa shape index (κ2) is 9.28. The van der Waals surface area contributed by atoms with E-state index in [1.54, 1.807) is 6.07 Å².